The zero-order valence-electron chi connectivity index (χ0n) is 9.47. The largest absolute Gasteiger partial charge is 0.339 e. The predicted molar refractivity (Wildman–Crippen MR) is 63.6 cm³/mol. The Morgan fingerprint density at radius 3 is 2.88 bits per heavy atom. The molecule has 0 atom stereocenters. The molecule has 4 nitrogen and oxygen atoms in total. The minimum absolute atomic E-state index is 0.0472. The van der Waals surface area contributed by atoms with Crippen LogP contribution in [0.4, 0.5) is 0 Å². The molecule has 0 saturated carbocycles. The molecule has 0 radical (unpaired) electrons. The molecule has 84 valence electrons. The van der Waals surface area contributed by atoms with Crippen LogP contribution in [0.3, 0.4) is 0 Å². The Bertz CT molecular complexity index is 663. The van der Waals surface area contributed by atoms with Gasteiger partial charge < -0.3 is 9.47 Å². The van der Waals surface area contributed by atoms with Gasteiger partial charge in [-0.3, -0.25) is 4.79 Å². The lowest BCUT2D eigenvalue weighted by Gasteiger charge is -2.24. The first-order valence-corrected chi connectivity index (χ1v) is 5.49. The van der Waals surface area contributed by atoms with Gasteiger partial charge in [-0.15, -0.1) is 0 Å². The highest BCUT2D eigenvalue weighted by Crippen LogP contribution is 2.24. The van der Waals surface area contributed by atoms with Crippen LogP contribution in [0.25, 0.3) is 10.9 Å². The molecule has 0 unspecified atom stereocenters. The molecule has 17 heavy (non-hydrogen) atoms. The number of hydrogen-bond donors (Lipinski definition) is 0. The van der Waals surface area contributed by atoms with Crippen molar-refractivity contribution in [1.82, 2.24) is 9.47 Å². The van der Waals surface area contributed by atoms with Gasteiger partial charge in [-0.2, -0.15) is 5.26 Å². The van der Waals surface area contributed by atoms with Crippen LogP contribution in [0.15, 0.2) is 24.3 Å². The van der Waals surface area contributed by atoms with Crippen molar-refractivity contribution in [2.45, 2.75) is 6.54 Å². The second kappa shape index (κ2) is 3.36. The molecule has 2 heterocycles. The predicted octanol–water partition coefficient (Wildman–Crippen LogP) is 1.60. The van der Waals surface area contributed by atoms with Gasteiger partial charge in [0.05, 0.1) is 11.6 Å². The number of amides is 1. The molecule has 1 aromatic heterocycles. The Kier molecular flexibility index (Phi) is 1.96. The van der Waals surface area contributed by atoms with Gasteiger partial charge in [0.15, 0.2) is 0 Å². The van der Waals surface area contributed by atoms with Crippen molar-refractivity contribution in [3.05, 3.63) is 35.5 Å². The van der Waals surface area contributed by atoms with Crippen molar-refractivity contribution in [1.29, 1.82) is 5.26 Å². The van der Waals surface area contributed by atoms with Gasteiger partial charge in [0, 0.05) is 31.0 Å². The van der Waals surface area contributed by atoms with Gasteiger partial charge in [0.25, 0.3) is 5.91 Å². The second-order valence-corrected chi connectivity index (χ2v) is 4.29. The van der Waals surface area contributed by atoms with Crippen LogP contribution in [-0.2, 0) is 6.54 Å². The molecule has 0 saturated heterocycles. The number of carbonyl (C=O) groups excluding carboxylic acids is 1. The molecule has 1 aliphatic heterocycles. The third-order valence-corrected chi connectivity index (χ3v) is 3.26. The van der Waals surface area contributed by atoms with E-state index < -0.39 is 0 Å². The van der Waals surface area contributed by atoms with Gasteiger partial charge in [-0.1, -0.05) is 0 Å². The second-order valence-electron chi connectivity index (χ2n) is 4.29. The third kappa shape index (κ3) is 1.32. The van der Waals surface area contributed by atoms with E-state index in [1.807, 2.05) is 29.8 Å². The van der Waals surface area contributed by atoms with Crippen molar-refractivity contribution >= 4 is 16.8 Å². The van der Waals surface area contributed by atoms with E-state index in [0.717, 1.165) is 24.0 Å². The maximum atomic E-state index is 12.0. The minimum atomic E-state index is 0.0472. The van der Waals surface area contributed by atoms with E-state index in [0.29, 0.717) is 11.3 Å². The molecule has 1 amide bonds. The molecule has 0 fully saturated rings. The number of likely N-dealkylation sites (N-methyl/N-ethyl adjacent to an activating group) is 1. The first-order valence-electron chi connectivity index (χ1n) is 5.49. The number of rotatable bonds is 0. The molecule has 0 aliphatic carbocycles. The Morgan fingerprint density at radius 1 is 1.29 bits per heavy atom. The summed E-state index contributed by atoms with van der Waals surface area (Å²) in [5.74, 6) is 0.0472. The standard InChI is InChI=1S/C13H11N3O/c1-15-4-5-16-11-3-2-9(8-14)6-10(11)7-12(16)13(15)17/h2-3,6-7H,4-5H2,1H3. The van der Waals surface area contributed by atoms with Gasteiger partial charge >= 0.3 is 0 Å². The van der Waals surface area contributed by atoms with E-state index >= 15 is 0 Å². The topological polar surface area (TPSA) is 49.0 Å². The van der Waals surface area contributed by atoms with Gasteiger partial charge in [-0.25, -0.2) is 0 Å². The highest BCUT2D eigenvalue weighted by molar-refractivity contribution is 5.99. The minimum Gasteiger partial charge on any atom is -0.339 e. The van der Waals surface area contributed by atoms with E-state index in [1.54, 1.807) is 11.0 Å². The number of fused-ring (bicyclic) bond motifs is 3. The summed E-state index contributed by atoms with van der Waals surface area (Å²) in [6.45, 7) is 1.54. The Balaban J connectivity index is 2.28. The number of carbonyl (C=O) groups is 1. The first kappa shape index (κ1) is 9.91. The monoisotopic (exact) mass is 225 g/mol. The Hall–Kier alpha value is -2.28. The fraction of sp³-hybridized carbons (Fsp3) is 0.231. The van der Waals surface area contributed by atoms with Crippen LogP contribution in [0.5, 0.6) is 0 Å². The quantitative estimate of drug-likeness (QED) is 0.683. The first-order chi connectivity index (χ1) is 8.20. The van der Waals surface area contributed by atoms with Crippen molar-refractivity contribution in [3.8, 4) is 6.07 Å². The van der Waals surface area contributed by atoms with Crippen LogP contribution in [0.2, 0.25) is 0 Å². The maximum absolute atomic E-state index is 12.0. The zero-order chi connectivity index (χ0) is 12.0. The number of hydrogen-bond acceptors (Lipinski definition) is 2. The number of benzene rings is 1. The SMILES string of the molecule is CN1CCn2c(cc3cc(C#N)ccc32)C1=O. The lowest BCUT2D eigenvalue weighted by molar-refractivity contribution is 0.0751. The summed E-state index contributed by atoms with van der Waals surface area (Å²) in [4.78, 5) is 13.7. The average molecular weight is 225 g/mol. The summed E-state index contributed by atoms with van der Waals surface area (Å²) < 4.78 is 2.03. The zero-order valence-corrected chi connectivity index (χ0v) is 9.47. The highest BCUT2D eigenvalue weighted by atomic mass is 16.2. The molecule has 0 bridgehead atoms. The molecule has 1 aliphatic rings. The summed E-state index contributed by atoms with van der Waals surface area (Å²) in [5.41, 5.74) is 2.37. The smallest absolute Gasteiger partial charge is 0.270 e. The molecule has 3 rings (SSSR count). The normalized spacial score (nSPS) is 14.8. The lowest BCUT2D eigenvalue weighted by Crippen LogP contribution is -2.36. The van der Waals surface area contributed by atoms with Gasteiger partial charge in [0.2, 0.25) is 0 Å². The van der Waals surface area contributed by atoms with E-state index in [-0.39, 0.29) is 5.91 Å². The molecule has 2 aromatic rings. The summed E-state index contributed by atoms with van der Waals surface area (Å²) in [7, 11) is 1.81. The maximum Gasteiger partial charge on any atom is 0.270 e. The van der Waals surface area contributed by atoms with Crippen LogP contribution in [0.1, 0.15) is 16.1 Å². The summed E-state index contributed by atoms with van der Waals surface area (Å²) >= 11 is 0. The van der Waals surface area contributed by atoms with Crippen molar-refractivity contribution < 1.29 is 4.79 Å². The highest BCUT2D eigenvalue weighted by Gasteiger charge is 2.23. The van der Waals surface area contributed by atoms with E-state index in [4.69, 9.17) is 5.26 Å². The van der Waals surface area contributed by atoms with E-state index in [1.165, 1.54) is 0 Å². The molecule has 1 aromatic carbocycles. The molecular weight excluding hydrogens is 214 g/mol. The number of nitrogens with zero attached hydrogens (tertiary/aromatic N) is 3. The third-order valence-electron chi connectivity index (χ3n) is 3.26. The Labute approximate surface area is 98.7 Å². The van der Waals surface area contributed by atoms with Crippen molar-refractivity contribution in [2.75, 3.05) is 13.6 Å². The molecular formula is C13H11N3O. The van der Waals surface area contributed by atoms with Crippen molar-refractivity contribution in [3.63, 3.8) is 0 Å². The number of aromatic nitrogens is 1. The van der Waals surface area contributed by atoms with Crippen LogP contribution < -0.4 is 0 Å². The van der Waals surface area contributed by atoms with Crippen LogP contribution >= 0.6 is 0 Å². The van der Waals surface area contributed by atoms with Gasteiger partial charge in [-0.05, 0) is 24.3 Å². The average Bonchev–Trinajstić information content (AvgIpc) is 2.72. The number of nitriles is 1. The van der Waals surface area contributed by atoms with Crippen LogP contribution in [0, 0.1) is 11.3 Å². The van der Waals surface area contributed by atoms with Crippen molar-refractivity contribution in [2.24, 2.45) is 0 Å². The van der Waals surface area contributed by atoms with E-state index in [2.05, 4.69) is 6.07 Å². The molecule has 4 heteroatoms. The molecule has 0 spiro atoms. The summed E-state index contributed by atoms with van der Waals surface area (Å²) in [5, 5.41) is 9.82. The lowest BCUT2D eigenvalue weighted by atomic mass is 10.2. The van der Waals surface area contributed by atoms with Crippen LogP contribution in [-0.4, -0.2) is 29.0 Å². The summed E-state index contributed by atoms with van der Waals surface area (Å²) in [6.07, 6.45) is 0. The fourth-order valence-corrected chi connectivity index (χ4v) is 2.31. The van der Waals surface area contributed by atoms with Gasteiger partial charge in [0.1, 0.15) is 5.69 Å². The summed E-state index contributed by atoms with van der Waals surface area (Å²) in [6, 6.07) is 9.51. The Morgan fingerprint density at radius 2 is 2.12 bits per heavy atom. The van der Waals surface area contributed by atoms with E-state index in [9.17, 15) is 4.79 Å². The fourth-order valence-electron chi connectivity index (χ4n) is 2.31. The molecule has 0 N–H and O–H groups in total.